The molecule has 0 N–H and O–H groups in total. The van der Waals surface area contributed by atoms with E-state index in [2.05, 4.69) is 13.8 Å². The summed E-state index contributed by atoms with van der Waals surface area (Å²) in [5.74, 6) is 0.366. The van der Waals surface area contributed by atoms with E-state index in [9.17, 15) is 4.79 Å². The van der Waals surface area contributed by atoms with Gasteiger partial charge in [0.1, 0.15) is 0 Å². The Morgan fingerprint density at radius 2 is 2.11 bits per heavy atom. The number of carbonyl (C=O) groups excluding carboxylic acids is 1. The standard InChI is InChI=1S/C14H23NO3/c1-4-17-12(16)14-9-13(2,3)18-15(14)11-8-6-5-7-10(11)14/h10-11H,4-9H2,1-3H3. The molecule has 2 heterocycles. The Morgan fingerprint density at radius 1 is 1.39 bits per heavy atom. The van der Waals surface area contributed by atoms with Crippen molar-refractivity contribution in [1.82, 2.24) is 5.06 Å². The summed E-state index contributed by atoms with van der Waals surface area (Å²) in [6.07, 6.45) is 5.54. The molecule has 18 heavy (non-hydrogen) atoms. The van der Waals surface area contributed by atoms with Crippen LogP contribution >= 0.6 is 0 Å². The van der Waals surface area contributed by atoms with E-state index in [1.807, 2.05) is 12.0 Å². The predicted octanol–water partition coefficient (Wildman–Crippen LogP) is 2.28. The molecule has 0 spiro atoms. The van der Waals surface area contributed by atoms with Gasteiger partial charge in [0.05, 0.1) is 12.2 Å². The van der Waals surface area contributed by atoms with Gasteiger partial charge in [-0.1, -0.05) is 12.8 Å². The predicted molar refractivity (Wildman–Crippen MR) is 66.7 cm³/mol. The van der Waals surface area contributed by atoms with Gasteiger partial charge in [-0.3, -0.25) is 4.84 Å². The van der Waals surface area contributed by atoms with Gasteiger partial charge in [0, 0.05) is 18.4 Å². The Labute approximate surface area is 109 Å². The van der Waals surface area contributed by atoms with E-state index < -0.39 is 5.54 Å². The van der Waals surface area contributed by atoms with Crippen LogP contribution in [0, 0.1) is 5.92 Å². The fourth-order valence-corrected chi connectivity index (χ4v) is 4.20. The van der Waals surface area contributed by atoms with Gasteiger partial charge in [0.15, 0.2) is 5.54 Å². The van der Waals surface area contributed by atoms with Crippen LogP contribution in [0.1, 0.15) is 52.9 Å². The Balaban J connectivity index is 1.90. The molecular formula is C14H23NO3. The highest BCUT2D eigenvalue weighted by Crippen LogP contribution is 2.59. The van der Waals surface area contributed by atoms with Crippen LogP contribution in [0.25, 0.3) is 0 Å². The zero-order valence-corrected chi connectivity index (χ0v) is 11.6. The number of carbonyl (C=O) groups is 1. The number of rotatable bonds is 2. The number of hydrogen-bond donors (Lipinski definition) is 0. The Kier molecular flexibility index (Phi) is 2.72. The quantitative estimate of drug-likeness (QED) is 0.708. The first-order valence-corrected chi connectivity index (χ1v) is 7.17. The van der Waals surface area contributed by atoms with Crippen molar-refractivity contribution in [3.05, 3.63) is 0 Å². The molecule has 0 aromatic rings. The molecule has 0 amide bonds. The van der Waals surface area contributed by atoms with Gasteiger partial charge < -0.3 is 4.74 Å². The summed E-state index contributed by atoms with van der Waals surface area (Å²) in [6.45, 7) is 6.46. The molecule has 102 valence electrons. The average molecular weight is 253 g/mol. The smallest absolute Gasteiger partial charge is 0.329 e. The minimum absolute atomic E-state index is 0.0706. The first-order valence-electron chi connectivity index (χ1n) is 7.17. The van der Waals surface area contributed by atoms with Crippen LogP contribution in [0.5, 0.6) is 0 Å². The van der Waals surface area contributed by atoms with Crippen LogP contribution in [0.15, 0.2) is 0 Å². The molecule has 3 fully saturated rings. The lowest BCUT2D eigenvalue weighted by Gasteiger charge is -2.58. The van der Waals surface area contributed by atoms with Crippen LogP contribution in [-0.4, -0.2) is 34.8 Å². The zero-order valence-electron chi connectivity index (χ0n) is 11.6. The van der Waals surface area contributed by atoms with Gasteiger partial charge in [0.25, 0.3) is 0 Å². The molecule has 2 saturated heterocycles. The third kappa shape index (κ3) is 1.48. The summed E-state index contributed by atoms with van der Waals surface area (Å²) in [7, 11) is 0. The second kappa shape index (κ2) is 3.94. The average Bonchev–Trinajstić information content (AvgIpc) is 2.58. The third-order valence-corrected chi connectivity index (χ3v) is 4.71. The van der Waals surface area contributed by atoms with Crippen molar-refractivity contribution in [1.29, 1.82) is 0 Å². The van der Waals surface area contributed by atoms with E-state index >= 15 is 0 Å². The third-order valence-electron chi connectivity index (χ3n) is 4.71. The second-order valence-electron chi connectivity index (χ2n) is 6.46. The van der Waals surface area contributed by atoms with E-state index in [4.69, 9.17) is 9.57 Å². The van der Waals surface area contributed by atoms with Crippen LogP contribution < -0.4 is 0 Å². The van der Waals surface area contributed by atoms with E-state index in [-0.39, 0.29) is 11.6 Å². The number of nitrogens with zero attached hydrogens (tertiary/aromatic N) is 1. The molecule has 1 saturated carbocycles. The number of ether oxygens (including phenoxy) is 1. The van der Waals surface area contributed by atoms with E-state index in [0.29, 0.717) is 18.6 Å². The Hall–Kier alpha value is -0.610. The molecule has 4 nitrogen and oxygen atoms in total. The molecule has 2 aliphatic heterocycles. The van der Waals surface area contributed by atoms with E-state index in [1.54, 1.807) is 0 Å². The summed E-state index contributed by atoms with van der Waals surface area (Å²) < 4.78 is 5.33. The minimum atomic E-state index is -0.482. The zero-order chi connectivity index (χ0) is 13.0. The summed E-state index contributed by atoms with van der Waals surface area (Å²) in [5, 5.41) is 1.98. The van der Waals surface area contributed by atoms with Gasteiger partial charge in [0.2, 0.25) is 0 Å². The lowest BCUT2D eigenvalue weighted by atomic mass is 9.61. The van der Waals surface area contributed by atoms with E-state index in [0.717, 1.165) is 19.3 Å². The first-order chi connectivity index (χ1) is 8.51. The monoisotopic (exact) mass is 253 g/mol. The molecule has 0 aromatic heterocycles. The van der Waals surface area contributed by atoms with Crippen LogP contribution in [-0.2, 0) is 14.4 Å². The van der Waals surface area contributed by atoms with Crippen LogP contribution in [0.3, 0.4) is 0 Å². The summed E-state index contributed by atoms with van der Waals surface area (Å²) in [4.78, 5) is 18.4. The van der Waals surface area contributed by atoms with Gasteiger partial charge >= 0.3 is 5.97 Å². The second-order valence-corrected chi connectivity index (χ2v) is 6.46. The number of hydrogen-bond acceptors (Lipinski definition) is 4. The van der Waals surface area contributed by atoms with Crippen LogP contribution in [0.2, 0.25) is 0 Å². The molecule has 3 atom stereocenters. The molecular weight excluding hydrogens is 230 g/mol. The first kappa shape index (κ1) is 12.4. The maximum absolute atomic E-state index is 12.4. The van der Waals surface area contributed by atoms with Gasteiger partial charge in [-0.15, -0.1) is 0 Å². The fraction of sp³-hybridized carbons (Fsp3) is 0.929. The minimum Gasteiger partial charge on any atom is -0.465 e. The van der Waals surface area contributed by atoms with Gasteiger partial charge in [-0.25, -0.2) is 4.79 Å². The molecule has 0 radical (unpaired) electrons. The van der Waals surface area contributed by atoms with Crippen molar-refractivity contribution in [3.63, 3.8) is 0 Å². The summed E-state index contributed by atoms with van der Waals surface area (Å²) in [6, 6.07) is 0.435. The number of hydroxylamine groups is 2. The van der Waals surface area contributed by atoms with Crippen molar-refractivity contribution in [2.45, 2.75) is 70.1 Å². The molecule has 0 aromatic carbocycles. The molecule has 1 aliphatic carbocycles. The Bertz CT molecular complexity index is 368. The highest BCUT2D eigenvalue weighted by atomic mass is 16.7. The molecule has 3 aliphatic rings. The largest absolute Gasteiger partial charge is 0.465 e. The van der Waals surface area contributed by atoms with Crippen molar-refractivity contribution in [2.75, 3.05) is 6.61 Å². The maximum atomic E-state index is 12.4. The Morgan fingerprint density at radius 3 is 2.83 bits per heavy atom. The summed E-state index contributed by atoms with van der Waals surface area (Å²) in [5.41, 5.74) is -0.727. The molecule has 3 rings (SSSR count). The van der Waals surface area contributed by atoms with E-state index in [1.165, 1.54) is 12.8 Å². The normalized spacial score (nSPS) is 41.7. The highest BCUT2D eigenvalue weighted by molar-refractivity contribution is 5.83. The summed E-state index contributed by atoms with van der Waals surface area (Å²) >= 11 is 0. The van der Waals surface area contributed by atoms with Crippen molar-refractivity contribution >= 4 is 5.97 Å². The van der Waals surface area contributed by atoms with Crippen molar-refractivity contribution in [2.24, 2.45) is 5.92 Å². The number of esters is 1. The topological polar surface area (TPSA) is 38.8 Å². The maximum Gasteiger partial charge on any atom is 0.329 e. The lowest BCUT2D eigenvalue weighted by Crippen LogP contribution is -2.74. The van der Waals surface area contributed by atoms with Crippen molar-refractivity contribution in [3.8, 4) is 0 Å². The van der Waals surface area contributed by atoms with Crippen LogP contribution in [0.4, 0.5) is 0 Å². The molecule has 3 unspecified atom stereocenters. The lowest BCUT2D eigenvalue weighted by molar-refractivity contribution is -0.316. The molecule has 4 heteroatoms. The highest BCUT2D eigenvalue weighted by Gasteiger charge is 2.72. The molecule has 0 bridgehead atoms. The van der Waals surface area contributed by atoms with Gasteiger partial charge in [-0.05, 0) is 33.6 Å². The van der Waals surface area contributed by atoms with Crippen molar-refractivity contribution < 1.29 is 14.4 Å². The number of fused-ring (bicyclic) bond motifs is 4. The van der Waals surface area contributed by atoms with Gasteiger partial charge in [-0.2, -0.15) is 5.06 Å². The fourth-order valence-electron chi connectivity index (χ4n) is 4.20. The SMILES string of the molecule is CCOC(=O)C12CC(C)(C)ON1C1CCCCC12.